The van der Waals surface area contributed by atoms with E-state index in [4.69, 9.17) is 14.0 Å². The Labute approximate surface area is 148 Å². The maximum absolute atomic E-state index is 6.09. The van der Waals surface area contributed by atoms with Gasteiger partial charge in [-0.15, -0.1) is 0 Å². The van der Waals surface area contributed by atoms with Gasteiger partial charge in [-0.3, -0.25) is 4.90 Å². The van der Waals surface area contributed by atoms with Crippen molar-refractivity contribution in [3.63, 3.8) is 0 Å². The van der Waals surface area contributed by atoms with Gasteiger partial charge in [-0.05, 0) is 25.3 Å². The van der Waals surface area contributed by atoms with E-state index in [-0.39, 0.29) is 12.2 Å². The molecule has 2 aromatic rings. The van der Waals surface area contributed by atoms with Gasteiger partial charge in [0.05, 0.1) is 6.10 Å². The van der Waals surface area contributed by atoms with Crippen molar-refractivity contribution in [2.45, 2.75) is 44.4 Å². The normalized spacial score (nSPS) is 26.0. The maximum Gasteiger partial charge on any atom is 0.230 e. The Hall–Kier alpha value is -1.76. The van der Waals surface area contributed by atoms with Crippen LogP contribution in [0.5, 0.6) is 0 Å². The number of hydrogen-bond donors (Lipinski definition) is 0. The van der Waals surface area contributed by atoms with Crippen molar-refractivity contribution in [3.8, 4) is 0 Å². The van der Waals surface area contributed by atoms with Crippen molar-refractivity contribution in [1.82, 2.24) is 15.0 Å². The zero-order chi connectivity index (χ0) is 17.1. The third-order valence-corrected chi connectivity index (χ3v) is 4.90. The molecule has 2 atom stereocenters. The molecule has 3 heterocycles. The van der Waals surface area contributed by atoms with Crippen molar-refractivity contribution < 1.29 is 14.0 Å². The maximum atomic E-state index is 6.09. The topological polar surface area (TPSA) is 60.6 Å². The van der Waals surface area contributed by atoms with E-state index in [1.54, 1.807) is 0 Å². The summed E-state index contributed by atoms with van der Waals surface area (Å²) in [4.78, 5) is 7.05. The van der Waals surface area contributed by atoms with Crippen LogP contribution in [-0.4, -0.2) is 47.4 Å². The van der Waals surface area contributed by atoms with Gasteiger partial charge in [0.25, 0.3) is 0 Å². The number of nitrogens with zero attached hydrogens (tertiary/aromatic N) is 3. The van der Waals surface area contributed by atoms with Gasteiger partial charge < -0.3 is 14.0 Å². The van der Waals surface area contributed by atoms with Crippen LogP contribution in [0.25, 0.3) is 0 Å². The lowest BCUT2D eigenvalue weighted by Crippen LogP contribution is -2.42. The fraction of sp³-hybridized carbons (Fsp3) is 0.579. The lowest BCUT2D eigenvalue weighted by atomic mass is 10.0. The van der Waals surface area contributed by atoms with Crippen LogP contribution in [0.2, 0.25) is 0 Å². The highest BCUT2D eigenvalue weighted by Gasteiger charge is 2.31. The molecule has 0 radical (unpaired) electrons. The summed E-state index contributed by atoms with van der Waals surface area (Å²) < 4.78 is 17.0. The van der Waals surface area contributed by atoms with Crippen LogP contribution in [-0.2, 0) is 16.0 Å². The van der Waals surface area contributed by atoms with E-state index in [0.717, 1.165) is 51.6 Å². The van der Waals surface area contributed by atoms with Crippen molar-refractivity contribution >= 4 is 0 Å². The van der Waals surface area contributed by atoms with Crippen LogP contribution >= 0.6 is 0 Å². The van der Waals surface area contributed by atoms with E-state index >= 15 is 0 Å². The number of aromatic nitrogens is 2. The molecule has 4 rings (SSSR count). The first-order valence-electron chi connectivity index (χ1n) is 9.11. The molecule has 0 aliphatic carbocycles. The zero-order valence-corrected chi connectivity index (χ0v) is 14.6. The third kappa shape index (κ3) is 4.08. The average Bonchev–Trinajstić information content (AvgIpc) is 3.13. The van der Waals surface area contributed by atoms with Crippen LogP contribution < -0.4 is 0 Å². The predicted octanol–water partition coefficient (Wildman–Crippen LogP) is 2.93. The van der Waals surface area contributed by atoms with Crippen molar-refractivity contribution in [2.75, 3.05) is 26.3 Å². The lowest BCUT2D eigenvalue weighted by Gasteiger charge is -2.35. The number of benzene rings is 1. The van der Waals surface area contributed by atoms with Gasteiger partial charge in [0, 0.05) is 38.8 Å². The Morgan fingerprint density at radius 3 is 2.72 bits per heavy atom. The average molecular weight is 343 g/mol. The molecule has 6 nitrogen and oxygen atoms in total. The highest BCUT2D eigenvalue weighted by Crippen LogP contribution is 2.29. The summed E-state index contributed by atoms with van der Waals surface area (Å²) >= 11 is 0. The summed E-state index contributed by atoms with van der Waals surface area (Å²) in [7, 11) is 0. The first kappa shape index (κ1) is 16.7. The number of hydrogen-bond acceptors (Lipinski definition) is 6. The van der Waals surface area contributed by atoms with Gasteiger partial charge in [-0.2, -0.15) is 4.98 Å². The molecular weight excluding hydrogens is 318 g/mol. The summed E-state index contributed by atoms with van der Waals surface area (Å²) in [5, 5.41) is 4.21. The van der Waals surface area contributed by atoms with E-state index in [1.165, 1.54) is 5.56 Å². The molecule has 2 aliphatic rings. The fourth-order valence-corrected chi connectivity index (χ4v) is 3.64. The molecule has 6 heteroatoms. The fourth-order valence-electron chi connectivity index (χ4n) is 3.64. The van der Waals surface area contributed by atoms with E-state index < -0.39 is 0 Å². The molecule has 0 amide bonds. The van der Waals surface area contributed by atoms with E-state index in [0.29, 0.717) is 11.7 Å². The first-order chi connectivity index (χ1) is 12.3. The van der Waals surface area contributed by atoms with Crippen LogP contribution in [0, 0.1) is 0 Å². The quantitative estimate of drug-likeness (QED) is 0.851. The van der Waals surface area contributed by atoms with Gasteiger partial charge in [0.1, 0.15) is 6.10 Å². The Bertz CT molecular complexity index is 670. The standard InChI is InChI=1S/C19H25N3O3/c1-14-11-22(12-15-5-3-2-4-6-15)13-17(24-14)18-20-19(25-21-18)16-7-9-23-10-8-16/h2-6,14,16-17H,7-13H2,1H3/t14-,17-/m1/s1. The lowest BCUT2D eigenvalue weighted by molar-refractivity contribution is -0.0856. The third-order valence-electron chi connectivity index (χ3n) is 4.90. The van der Waals surface area contributed by atoms with Gasteiger partial charge >= 0.3 is 0 Å². The number of morpholine rings is 1. The predicted molar refractivity (Wildman–Crippen MR) is 92.1 cm³/mol. The minimum absolute atomic E-state index is 0.134. The Morgan fingerprint density at radius 2 is 1.92 bits per heavy atom. The highest BCUT2D eigenvalue weighted by molar-refractivity contribution is 5.14. The second-order valence-electron chi connectivity index (χ2n) is 6.99. The van der Waals surface area contributed by atoms with Crippen LogP contribution in [0.3, 0.4) is 0 Å². The molecular formula is C19H25N3O3. The van der Waals surface area contributed by atoms with Gasteiger partial charge in [-0.1, -0.05) is 35.5 Å². The van der Waals surface area contributed by atoms with Crippen molar-refractivity contribution in [1.29, 1.82) is 0 Å². The summed E-state index contributed by atoms with van der Waals surface area (Å²) in [6.45, 7) is 6.25. The molecule has 134 valence electrons. The summed E-state index contributed by atoms with van der Waals surface area (Å²) in [5.41, 5.74) is 1.31. The van der Waals surface area contributed by atoms with Gasteiger partial charge in [-0.25, -0.2) is 0 Å². The molecule has 0 unspecified atom stereocenters. The second-order valence-corrected chi connectivity index (χ2v) is 6.99. The smallest absolute Gasteiger partial charge is 0.230 e. The molecule has 2 fully saturated rings. The van der Waals surface area contributed by atoms with Gasteiger partial charge in [0.2, 0.25) is 11.7 Å². The Morgan fingerprint density at radius 1 is 1.12 bits per heavy atom. The van der Waals surface area contributed by atoms with E-state index in [9.17, 15) is 0 Å². The Balaban J connectivity index is 1.43. The first-order valence-corrected chi connectivity index (χ1v) is 9.11. The van der Waals surface area contributed by atoms with Crippen LogP contribution in [0.1, 0.15) is 49.1 Å². The largest absolute Gasteiger partial charge is 0.381 e. The zero-order valence-electron chi connectivity index (χ0n) is 14.6. The molecule has 2 aliphatic heterocycles. The van der Waals surface area contributed by atoms with Crippen LogP contribution in [0.15, 0.2) is 34.9 Å². The molecule has 2 saturated heterocycles. The van der Waals surface area contributed by atoms with Crippen molar-refractivity contribution in [2.24, 2.45) is 0 Å². The van der Waals surface area contributed by atoms with E-state index in [2.05, 4.69) is 46.2 Å². The summed E-state index contributed by atoms with van der Waals surface area (Å²) in [6, 6.07) is 10.5. The summed E-state index contributed by atoms with van der Waals surface area (Å²) in [5.74, 6) is 1.72. The molecule has 0 spiro atoms. The second kappa shape index (κ2) is 7.64. The number of rotatable bonds is 4. The number of ether oxygens (including phenoxy) is 2. The highest BCUT2D eigenvalue weighted by atomic mass is 16.5. The minimum Gasteiger partial charge on any atom is -0.381 e. The minimum atomic E-state index is -0.134. The molecule has 1 aromatic carbocycles. The van der Waals surface area contributed by atoms with Gasteiger partial charge in [0.15, 0.2) is 0 Å². The molecule has 25 heavy (non-hydrogen) atoms. The monoisotopic (exact) mass is 343 g/mol. The molecule has 1 aromatic heterocycles. The van der Waals surface area contributed by atoms with Crippen molar-refractivity contribution in [3.05, 3.63) is 47.6 Å². The van der Waals surface area contributed by atoms with E-state index in [1.807, 2.05) is 6.07 Å². The molecule has 0 N–H and O–H groups in total. The van der Waals surface area contributed by atoms with Crippen LogP contribution in [0.4, 0.5) is 0 Å². The Kier molecular flexibility index (Phi) is 5.10. The summed E-state index contributed by atoms with van der Waals surface area (Å²) in [6.07, 6.45) is 1.91. The SMILES string of the molecule is C[C@@H]1CN(Cc2ccccc2)C[C@H](c2noc(C3CCOCC3)n2)O1. The molecule has 0 bridgehead atoms. The molecule has 0 saturated carbocycles.